The van der Waals surface area contributed by atoms with Gasteiger partial charge in [-0.05, 0) is 50.9 Å². The van der Waals surface area contributed by atoms with Crippen molar-refractivity contribution in [3.63, 3.8) is 0 Å². The van der Waals surface area contributed by atoms with E-state index in [2.05, 4.69) is 20.1 Å². The predicted octanol–water partition coefficient (Wildman–Crippen LogP) is 2.19. The van der Waals surface area contributed by atoms with Crippen molar-refractivity contribution >= 4 is 11.3 Å². The molecule has 1 aliphatic heterocycles. The molecule has 0 radical (unpaired) electrons. The summed E-state index contributed by atoms with van der Waals surface area (Å²) in [5.41, 5.74) is 0.788. The first-order chi connectivity index (χ1) is 10.2. The third kappa shape index (κ3) is 3.64. The molecule has 3 rings (SSSR count). The fraction of sp³-hybridized carbons (Fsp3) is 0.533. The van der Waals surface area contributed by atoms with Gasteiger partial charge in [0.2, 0.25) is 0 Å². The predicted molar refractivity (Wildman–Crippen MR) is 81.8 cm³/mol. The molecule has 5 nitrogen and oxygen atoms in total. The van der Waals surface area contributed by atoms with E-state index >= 15 is 0 Å². The number of nitrogens with zero attached hydrogens (tertiary/aromatic N) is 4. The first-order valence-electron chi connectivity index (χ1n) is 7.32. The molecular weight excluding hydrogens is 284 g/mol. The fourth-order valence-electron chi connectivity index (χ4n) is 2.81. The lowest BCUT2D eigenvalue weighted by Gasteiger charge is -2.33. The van der Waals surface area contributed by atoms with Gasteiger partial charge in [-0.1, -0.05) is 6.07 Å². The highest BCUT2D eigenvalue weighted by atomic mass is 32.1. The van der Waals surface area contributed by atoms with Crippen LogP contribution in [0.1, 0.15) is 34.7 Å². The largest absolute Gasteiger partial charge is 0.387 e. The average Bonchev–Trinajstić information content (AvgIpc) is 2.93. The smallest absolute Gasteiger partial charge is 0.131 e. The maximum Gasteiger partial charge on any atom is 0.131 e. The minimum Gasteiger partial charge on any atom is -0.387 e. The number of likely N-dealkylation sites (tertiary alicyclic amines) is 1. The summed E-state index contributed by atoms with van der Waals surface area (Å²) in [5.74, 6) is 0.298. The Bertz CT molecular complexity index is 566. The van der Waals surface area contributed by atoms with Crippen molar-refractivity contribution in [2.45, 2.75) is 32.4 Å². The van der Waals surface area contributed by atoms with Crippen molar-refractivity contribution in [3.8, 4) is 0 Å². The zero-order valence-corrected chi connectivity index (χ0v) is 13.0. The minimum atomic E-state index is -0.447. The quantitative estimate of drug-likeness (QED) is 0.938. The normalized spacial score (nSPS) is 18.8. The molecule has 0 bridgehead atoms. The number of aliphatic hydroxyl groups is 1. The highest BCUT2D eigenvalue weighted by Crippen LogP contribution is 2.30. The molecule has 3 heterocycles. The zero-order valence-electron chi connectivity index (χ0n) is 12.1. The first-order valence-corrected chi connectivity index (χ1v) is 8.14. The molecule has 1 saturated heterocycles. The van der Waals surface area contributed by atoms with Gasteiger partial charge >= 0.3 is 0 Å². The van der Waals surface area contributed by atoms with Gasteiger partial charge in [0.05, 0.1) is 18.3 Å². The van der Waals surface area contributed by atoms with E-state index < -0.39 is 6.10 Å². The third-order valence-corrected chi connectivity index (χ3v) is 4.82. The van der Waals surface area contributed by atoms with E-state index in [0.29, 0.717) is 5.92 Å². The summed E-state index contributed by atoms with van der Waals surface area (Å²) in [5, 5.41) is 20.8. The molecule has 6 heteroatoms. The second-order valence-electron chi connectivity index (χ2n) is 5.53. The van der Waals surface area contributed by atoms with Gasteiger partial charge in [0.1, 0.15) is 10.0 Å². The van der Waals surface area contributed by atoms with Gasteiger partial charge in [0.25, 0.3) is 0 Å². The maximum atomic E-state index is 10.4. The molecule has 0 unspecified atom stereocenters. The average molecular weight is 304 g/mol. The summed E-state index contributed by atoms with van der Waals surface area (Å²) in [7, 11) is 0. The molecule has 1 fully saturated rings. The van der Waals surface area contributed by atoms with E-state index in [-0.39, 0.29) is 0 Å². The van der Waals surface area contributed by atoms with Crippen LogP contribution < -0.4 is 0 Å². The Balaban J connectivity index is 1.53. The van der Waals surface area contributed by atoms with Crippen LogP contribution in [0, 0.1) is 12.8 Å². The highest BCUT2D eigenvalue weighted by molar-refractivity contribution is 7.11. The summed E-state index contributed by atoms with van der Waals surface area (Å²) in [4.78, 5) is 6.65. The Hall–Kier alpha value is -1.37. The van der Waals surface area contributed by atoms with Crippen LogP contribution in [-0.4, -0.2) is 38.3 Å². The number of piperidine rings is 1. The van der Waals surface area contributed by atoms with Crippen molar-refractivity contribution in [2.75, 3.05) is 13.1 Å². The molecule has 1 aliphatic rings. The Morgan fingerprint density at radius 2 is 2.14 bits per heavy atom. The van der Waals surface area contributed by atoms with Crippen LogP contribution in [-0.2, 0) is 6.54 Å². The van der Waals surface area contributed by atoms with E-state index in [9.17, 15) is 5.11 Å². The van der Waals surface area contributed by atoms with Crippen molar-refractivity contribution in [2.24, 2.45) is 5.92 Å². The van der Waals surface area contributed by atoms with E-state index in [1.165, 1.54) is 0 Å². The fourth-order valence-corrected chi connectivity index (χ4v) is 3.56. The van der Waals surface area contributed by atoms with Gasteiger partial charge in [0.15, 0.2) is 0 Å². The van der Waals surface area contributed by atoms with Gasteiger partial charge in [-0.15, -0.1) is 21.5 Å². The van der Waals surface area contributed by atoms with Crippen LogP contribution in [0.2, 0.25) is 0 Å². The second kappa shape index (κ2) is 6.60. The molecule has 2 aromatic rings. The van der Waals surface area contributed by atoms with Crippen molar-refractivity contribution < 1.29 is 5.11 Å². The van der Waals surface area contributed by atoms with Crippen LogP contribution in [0.4, 0.5) is 0 Å². The molecule has 0 saturated carbocycles. The molecule has 0 amide bonds. The molecular formula is C15H20N4OS. The van der Waals surface area contributed by atoms with Gasteiger partial charge < -0.3 is 5.11 Å². The summed E-state index contributed by atoms with van der Waals surface area (Å²) >= 11 is 1.66. The van der Waals surface area contributed by atoms with Crippen LogP contribution in [0.25, 0.3) is 0 Å². The number of aryl methyl sites for hydroxylation is 1. The van der Waals surface area contributed by atoms with Gasteiger partial charge in [-0.3, -0.25) is 9.88 Å². The van der Waals surface area contributed by atoms with Gasteiger partial charge in [-0.25, -0.2) is 0 Å². The zero-order chi connectivity index (χ0) is 14.7. The lowest BCUT2D eigenvalue weighted by Crippen LogP contribution is -2.35. The van der Waals surface area contributed by atoms with Crippen LogP contribution in [0.3, 0.4) is 0 Å². The third-order valence-electron chi connectivity index (χ3n) is 4.00. The van der Waals surface area contributed by atoms with Crippen LogP contribution >= 0.6 is 11.3 Å². The number of hydrogen-bond acceptors (Lipinski definition) is 6. The van der Waals surface area contributed by atoms with Crippen molar-refractivity contribution in [1.82, 2.24) is 20.1 Å². The Morgan fingerprint density at radius 1 is 1.33 bits per heavy atom. The Morgan fingerprint density at radius 3 is 2.76 bits per heavy atom. The minimum absolute atomic E-state index is 0.298. The first kappa shape index (κ1) is 14.6. The molecule has 1 N–H and O–H groups in total. The lowest BCUT2D eigenvalue weighted by molar-refractivity contribution is 0.0539. The number of hydrogen-bond donors (Lipinski definition) is 1. The summed E-state index contributed by atoms with van der Waals surface area (Å²) in [6, 6.07) is 5.71. The van der Waals surface area contributed by atoms with E-state index in [0.717, 1.165) is 48.2 Å². The summed E-state index contributed by atoms with van der Waals surface area (Å²) in [6.07, 6.45) is 3.29. The second-order valence-corrected chi connectivity index (χ2v) is 6.79. The Kier molecular flexibility index (Phi) is 4.57. The molecule has 0 aliphatic carbocycles. The highest BCUT2D eigenvalue weighted by Gasteiger charge is 2.27. The topological polar surface area (TPSA) is 62.1 Å². The van der Waals surface area contributed by atoms with Crippen LogP contribution in [0.15, 0.2) is 24.4 Å². The van der Waals surface area contributed by atoms with Gasteiger partial charge in [0, 0.05) is 6.20 Å². The van der Waals surface area contributed by atoms with Crippen molar-refractivity contribution in [3.05, 3.63) is 40.1 Å². The monoisotopic (exact) mass is 304 g/mol. The molecule has 2 aromatic heterocycles. The summed E-state index contributed by atoms with van der Waals surface area (Å²) in [6.45, 7) is 4.84. The van der Waals surface area contributed by atoms with Crippen molar-refractivity contribution in [1.29, 1.82) is 0 Å². The molecule has 0 spiro atoms. The van der Waals surface area contributed by atoms with Gasteiger partial charge in [-0.2, -0.15) is 0 Å². The van der Waals surface area contributed by atoms with E-state index in [4.69, 9.17) is 0 Å². The number of rotatable bonds is 4. The molecule has 0 aromatic carbocycles. The van der Waals surface area contributed by atoms with E-state index in [1.807, 2.05) is 25.1 Å². The van der Waals surface area contributed by atoms with E-state index in [1.54, 1.807) is 17.5 Å². The number of aliphatic hydroxyl groups excluding tert-OH is 1. The van der Waals surface area contributed by atoms with Crippen LogP contribution in [0.5, 0.6) is 0 Å². The standard InChI is InChI=1S/C15H20N4OS/c1-11-17-18-14(21-11)10-19-8-5-12(6-9-19)15(20)13-4-2-3-7-16-13/h2-4,7,12,15,20H,5-6,8-10H2,1H3/t15-/m1/s1. The molecule has 21 heavy (non-hydrogen) atoms. The SMILES string of the molecule is Cc1nnc(CN2CCC([C@@H](O)c3ccccn3)CC2)s1. The Labute approximate surface area is 128 Å². The summed E-state index contributed by atoms with van der Waals surface area (Å²) < 4.78 is 0. The lowest BCUT2D eigenvalue weighted by atomic mass is 9.89. The number of aromatic nitrogens is 3. The molecule has 112 valence electrons. The maximum absolute atomic E-state index is 10.4. The molecule has 1 atom stereocenters. The number of pyridine rings is 1.